The molecule has 2 aromatic rings. The Hall–Kier alpha value is -1.28. The van der Waals surface area contributed by atoms with Crippen LogP contribution in [0.5, 0.6) is 0 Å². The molecule has 0 aliphatic rings. The third kappa shape index (κ3) is 1.55. The second-order valence-electron chi connectivity index (χ2n) is 4.18. The third-order valence-corrected chi connectivity index (χ3v) is 3.13. The van der Waals surface area contributed by atoms with E-state index in [0.717, 1.165) is 0 Å². The lowest BCUT2D eigenvalue weighted by Crippen LogP contribution is -2.11. The molecule has 0 aliphatic heterocycles. The molecule has 0 saturated carbocycles. The fraction of sp³-hybridized carbons (Fsp3) is 0.385. The summed E-state index contributed by atoms with van der Waals surface area (Å²) in [7, 11) is 4.11. The van der Waals surface area contributed by atoms with Gasteiger partial charge < -0.3 is 9.88 Å². The molecule has 0 aliphatic carbocycles. The Kier molecular flexibility index (Phi) is 2.53. The first-order valence-corrected chi connectivity index (χ1v) is 5.37. The lowest BCUT2D eigenvalue weighted by Gasteiger charge is -2.08. The molecule has 1 unspecified atom stereocenters. The highest BCUT2D eigenvalue weighted by Gasteiger charge is 2.12. The van der Waals surface area contributed by atoms with Crippen LogP contribution in [0.15, 0.2) is 24.4 Å². The number of aromatic nitrogens is 1. The number of aryl methyl sites for hydroxylation is 2. The molecule has 2 rings (SSSR count). The van der Waals surface area contributed by atoms with Crippen molar-refractivity contribution in [3.63, 3.8) is 0 Å². The molecule has 0 fully saturated rings. The van der Waals surface area contributed by atoms with Crippen molar-refractivity contribution >= 4 is 10.9 Å². The maximum Gasteiger partial charge on any atom is 0.0510 e. The van der Waals surface area contributed by atoms with Crippen molar-refractivity contribution in [2.45, 2.75) is 19.9 Å². The minimum Gasteiger partial charge on any atom is -0.350 e. The van der Waals surface area contributed by atoms with Gasteiger partial charge in [-0.2, -0.15) is 0 Å². The average Bonchev–Trinajstić information content (AvgIpc) is 2.56. The van der Waals surface area contributed by atoms with Gasteiger partial charge in [-0.15, -0.1) is 0 Å². The topological polar surface area (TPSA) is 17.0 Å². The molecule has 0 amide bonds. The van der Waals surface area contributed by atoms with Crippen molar-refractivity contribution in [3.8, 4) is 0 Å². The quantitative estimate of drug-likeness (QED) is 0.792. The summed E-state index contributed by atoms with van der Waals surface area (Å²) in [6.07, 6.45) is 2.22. The first kappa shape index (κ1) is 10.2. The second kappa shape index (κ2) is 3.70. The molecule has 1 N–H and O–H groups in total. The summed E-state index contributed by atoms with van der Waals surface area (Å²) in [6.45, 7) is 4.35. The smallest absolute Gasteiger partial charge is 0.0510 e. The lowest BCUT2D eigenvalue weighted by atomic mass is 10.1. The van der Waals surface area contributed by atoms with Crippen LogP contribution in [0.2, 0.25) is 0 Å². The summed E-state index contributed by atoms with van der Waals surface area (Å²) in [6, 6.07) is 6.89. The Morgan fingerprint density at radius 2 is 2.07 bits per heavy atom. The summed E-state index contributed by atoms with van der Waals surface area (Å²) in [5.41, 5.74) is 4.05. The number of para-hydroxylation sites is 1. The molecule has 1 aromatic carbocycles. The van der Waals surface area contributed by atoms with Gasteiger partial charge >= 0.3 is 0 Å². The van der Waals surface area contributed by atoms with Gasteiger partial charge in [0, 0.05) is 24.7 Å². The van der Waals surface area contributed by atoms with Crippen LogP contribution >= 0.6 is 0 Å². The van der Waals surface area contributed by atoms with E-state index in [2.05, 4.69) is 55.2 Å². The van der Waals surface area contributed by atoms with Gasteiger partial charge in [-0.3, -0.25) is 0 Å². The standard InChI is InChI=1S/C13H18N2/c1-9-6-5-7-11-12(10(2)14-3)8-15(4)13(9)11/h5-8,10,14H,1-4H3. The summed E-state index contributed by atoms with van der Waals surface area (Å²) >= 11 is 0. The van der Waals surface area contributed by atoms with Crippen LogP contribution in [0.25, 0.3) is 10.9 Å². The van der Waals surface area contributed by atoms with E-state index in [-0.39, 0.29) is 0 Å². The molecule has 0 bridgehead atoms. The van der Waals surface area contributed by atoms with Gasteiger partial charge in [0.15, 0.2) is 0 Å². The fourth-order valence-corrected chi connectivity index (χ4v) is 2.20. The van der Waals surface area contributed by atoms with Crippen LogP contribution in [0.4, 0.5) is 0 Å². The first-order chi connectivity index (χ1) is 7.15. The van der Waals surface area contributed by atoms with E-state index >= 15 is 0 Å². The highest BCUT2D eigenvalue weighted by Crippen LogP contribution is 2.27. The van der Waals surface area contributed by atoms with Crippen molar-refractivity contribution < 1.29 is 0 Å². The number of nitrogens with zero attached hydrogens (tertiary/aromatic N) is 1. The number of nitrogens with one attached hydrogen (secondary N) is 1. The number of fused-ring (bicyclic) bond motifs is 1. The predicted molar refractivity (Wildman–Crippen MR) is 65.1 cm³/mol. The summed E-state index contributed by atoms with van der Waals surface area (Å²) in [5.74, 6) is 0. The molecule has 1 atom stereocenters. The molecular weight excluding hydrogens is 184 g/mol. The molecule has 2 nitrogen and oxygen atoms in total. The Balaban J connectivity index is 2.73. The largest absolute Gasteiger partial charge is 0.350 e. The van der Waals surface area contributed by atoms with Crippen LogP contribution in [0.1, 0.15) is 24.1 Å². The van der Waals surface area contributed by atoms with E-state index in [1.165, 1.54) is 22.0 Å². The lowest BCUT2D eigenvalue weighted by molar-refractivity contribution is 0.654. The van der Waals surface area contributed by atoms with Gasteiger partial charge in [0.2, 0.25) is 0 Å². The van der Waals surface area contributed by atoms with E-state index in [0.29, 0.717) is 6.04 Å². The van der Waals surface area contributed by atoms with Crippen LogP contribution < -0.4 is 5.32 Å². The van der Waals surface area contributed by atoms with Gasteiger partial charge in [0.05, 0.1) is 5.52 Å². The number of benzene rings is 1. The van der Waals surface area contributed by atoms with Crippen LogP contribution in [-0.2, 0) is 7.05 Å². The Morgan fingerprint density at radius 3 is 2.73 bits per heavy atom. The van der Waals surface area contributed by atoms with Crippen molar-refractivity contribution in [2.75, 3.05) is 7.05 Å². The second-order valence-corrected chi connectivity index (χ2v) is 4.18. The van der Waals surface area contributed by atoms with Crippen molar-refractivity contribution in [1.82, 2.24) is 9.88 Å². The molecule has 0 radical (unpaired) electrons. The SMILES string of the molecule is CNC(C)c1cn(C)c2c(C)cccc12. The number of rotatable bonds is 2. The highest BCUT2D eigenvalue weighted by molar-refractivity contribution is 5.87. The normalized spacial score (nSPS) is 13.3. The Morgan fingerprint density at radius 1 is 1.33 bits per heavy atom. The van der Waals surface area contributed by atoms with Gasteiger partial charge in [-0.1, -0.05) is 18.2 Å². The Labute approximate surface area is 90.9 Å². The molecule has 0 spiro atoms. The van der Waals surface area contributed by atoms with Crippen molar-refractivity contribution in [2.24, 2.45) is 7.05 Å². The molecule has 15 heavy (non-hydrogen) atoms. The number of hydrogen-bond acceptors (Lipinski definition) is 1. The molecule has 2 heteroatoms. The fourth-order valence-electron chi connectivity index (χ4n) is 2.20. The first-order valence-electron chi connectivity index (χ1n) is 5.37. The maximum atomic E-state index is 3.29. The van der Waals surface area contributed by atoms with E-state index in [1.54, 1.807) is 0 Å². The third-order valence-electron chi connectivity index (χ3n) is 3.13. The van der Waals surface area contributed by atoms with Crippen LogP contribution in [0, 0.1) is 6.92 Å². The molecule has 1 heterocycles. The van der Waals surface area contributed by atoms with Crippen molar-refractivity contribution in [3.05, 3.63) is 35.5 Å². The van der Waals surface area contributed by atoms with Crippen LogP contribution in [-0.4, -0.2) is 11.6 Å². The zero-order chi connectivity index (χ0) is 11.0. The zero-order valence-electron chi connectivity index (χ0n) is 9.83. The minimum absolute atomic E-state index is 0.399. The molecular formula is C13H18N2. The summed E-state index contributed by atoms with van der Waals surface area (Å²) in [4.78, 5) is 0. The molecule has 1 aromatic heterocycles. The molecule has 0 saturated heterocycles. The van der Waals surface area contributed by atoms with E-state index in [4.69, 9.17) is 0 Å². The van der Waals surface area contributed by atoms with E-state index in [9.17, 15) is 0 Å². The Bertz CT molecular complexity index is 482. The molecule has 80 valence electrons. The number of hydrogen-bond donors (Lipinski definition) is 1. The van der Waals surface area contributed by atoms with Crippen molar-refractivity contribution in [1.29, 1.82) is 0 Å². The van der Waals surface area contributed by atoms with Gasteiger partial charge in [-0.25, -0.2) is 0 Å². The monoisotopic (exact) mass is 202 g/mol. The zero-order valence-corrected chi connectivity index (χ0v) is 9.83. The highest BCUT2D eigenvalue weighted by atomic mass is 14.9. The van der Waals surface area contributed by atoms with Crippen LogP contribution in [0.3, 0.4) is 0 Å². The van der Waals surface area contributed by atoms with E-state index in [1.807, 2.05) is 7.05 Å². The van der Waals surface area contributed by atoms with Gasteiger partial charge in [0.1, 0.15) is 0 Å². The van der Waals surface area contributed by atoms with Gasteiger partial charge in [-0.05, 0) is 32.0 Å². The average molecular weight is 202 g/mol. The minimum atomic E-state index is 0.399. The maximum absolute atomic E-state index is 3.29. The predicted octanol–water partition coefficient (Wildman–Crippen LogP) is 2.77. The van der Waals surface area contributed by atoms with E-state index < -0.39 is 0 Å². The summed E-state index contributed by atoms with van der Waals surface area (Å²) in [5, 5.41) is 4.65. The summed E-state index contributed by atoms with van der Waals surface area (Å²) < 4.78 is 2.22. The van der Waals surface area contributed by atoms with Gasteiger partial charge in [0.25, 0.3) is 0 Å².